The third-order valence-corrected chi connectivity index (χ3v) is 5.28. The highest BCUT2D eigenvalue weighted by molar-refractivity contribution is 6.09. The number of fused-ring (bicyclic) bond motifs is 1. The molecular formula is C24H20N4O. The fraction of sp³-hybridized carbons (Fsp3) is 0.125. The Morgan fingerprint density at radius 2 is 1.52 bits per heavy atom. The van der Waals surface area contributed by atoms with E-state index >= 15 is 0 Å². The van der Waals surface area contributed by atoms with Crippen molar-refractivity contribution in [3.63, 3.8) is 0 Å². The van der Waals surface area contributed by atoms with Gasteiger partial charge in [-0.1, -0.05) is 71.9 Å². The molecule has 0 saturated heterocycles. The van der Waals surface area contributed by atoms with E-state index in [9.17, 15) is 4.79 Å². The summed E-state index contributed by atoms with van der Waals surface area (Å²) in [7, 11) is 0. The van der Waals surface area contributed by atoms with Gasteiger partial charge in [-0.05, 0) is 36.6 Å². The minimum absolute atomic E-state index is 0.113. The summed E-state index contributed by atoms with van der Waals surface area (Å²) in [5.41, 5.74) is 5.04. The minimum Gasteiger partial charge on any atom is -0.307 e. The number of hydrogen-bond donors (Lipinski definition) is 0. The first-order valence-electron chi connectivity index (χ1n) is 9.79. The van der Waals surface area contributed by atoms with Crippen molar-refractivity contribution in [3.8, 4) is 16.9 Å². The first-order valence-corrected chi connectivity index (χ1v) is 9.79. The molecule has 1 aliphatic heterocycles. The van der Waals surface area contributed by atoms with Crippen LogP contribution >= 0.6 is 0 Å². The van der Waals surface area contributed by atoms with Crippen LogP contribution in [0.15, 0.2) is 84.9 Å². The molecule has 5 rings (SSSR count). The van der Waals surface area contributed by atoms with E-state index in [0.29, 0.717) is 17.9 Å². The number of carbonyl (C=O) groups excluding carboxylic acids is 1. The highest BCUT2D eigenvalue weighted by Crippen LogP contribution is 2.31. The van der Waals surface area contributed by atoms with Crippen molar-refractivity contribution in [2.24, 2.45) is 0 Å². The van der Waals surface area contributed by atoms with Crippen LogP contribution in [-0.2, 0) is 6.42 Å². The van der Waals surface area contributed by atoms with Crippen molar-refractivity contribution in [1.29, 1.82) is 0 Å². The van der Waals surface area contributed by atoms with E-state index in [2.05, 4.69) is 16.4 Å². The number of anilines is 1. The molecule has 4 aromatic rings. The lowest BCUT2D eigenvalue weighted by atomic mass is 10.0. The van der Waals surface area contributed by atoms with Gasteiger partial charge in [0.05, 0.1) is 5.69 Å². The molecule has 142 valence electrons. The fourth-order valence-electron chi connectivity index (χ4n) is 3.90. The minimum atomic E-state index is -0.113. The van der Waals surface area contributed by atoms with E-state index in [-0.39, 0.29) is 5.91 Å². The molecule has 0 spiro atoms. The molecule has 0 unspecified atom stereocenters. The maximum atomic E-state index is 13.6. The zero-order valence-electron chi connectivity index (χ0n) is 15.9. The van der Waals surface area contributed by atoms with E-state index in [1.807, 2.05) is 83.8 Å². The summed E-state index contributed by atoms with van der Waals surface area (Å²) >= 11 is 0. The molecule has 1 aromatic heterocycles. The van der Waals surface area contributed by atoms with E-state index < -0.39 is 0 Å². The third kappa shape index (κ3) is 3.10. The van der Waals surface area contributed by atoms with Crippen LogP contribution in [0.5, 0.6) is 0 Å². The average molecular weight is 380 g/mol. The Hall–Kier alpha value is -3.73. The van der Waals surface area contributed by atoms with E-state index in [0.717, 1.165) is 29.8 Å². The molecule has 1 aliphatic rings. The quantitative estimate of drug-likeness (QED) is 0.525. The third-order valence-electron chi connectivity index (χ3n) is 5.28. The highest BCUT2D eigenvalue weighted by atomic mass is 16.2. The topological polar surface area (TPSA) is 51.0 Å². The Balaban J connectivity index is 1.65. The van der Waals surface area contributed by atoms with Crippen LogP contribution in [0.25, 0.3) is 16.9 Å². The van der Waals surface area contributed by atoms with E-state index in [1.54, 1.807) is 4.68 Å². The van der Waals surface area contributed by atoms with Gasteiger partial charge in [0.25, 0.3) is 5.91 Å². The van der Waals surface area contributed by atoms with Crippen molar-refractivity contribution >= 4 is 11.6 Å². The lowest BCUT2D eigenvalue weighted by Gasteiger charge is -2.29. The molecule has 2 heterocycles. The smallest absolute Gasteiger partial charge is 0.281 e. The van der Waals surface area contributed by atoms with Gasteiger partial charge in [-0.3, -0.25) is 4.79 Å². The van der Waals surface area contributed by atoms with Crippen molar-refractivity contribution in [3.05, 3.63) is 96.2 Å². The number of aromatic nitrogens is 3. The van der Waals surface area contributed by atoms with Gasteiger partial charge in [-0.2, -0.15) is 0 Å². The standard InChI is InChI=1S/C24H20N4O/c29-24(27-17-9-13-18-10-7-8-16-21(18)27)22-23(19-11-3-1-4-12-19)28(26-25-22)20-14-5-2-6-15-20/h1-8,10-12,14-16H,9,13,17H2. The van der Waals surface area contributed by atoms with Gasteiger partial charge in [-0.15, -0.1) is 5.10 Å². The molecule has 0 radical (unpaired) electrons. The summed E-state index contributed by atoms with van der Waals surface area (Å²) in [4.78, 5) is 15.4. The molecule has 3 aromatic carbocycles. The Kier molecular flexibility index (Phi) is 4.41. The van der Waals surface area contributed by atoms with Gasteiger partial charge in [0.15, 0.2) is 5.69 Å². The molecule has 0 aliphatic carbocycles. The largest absolute Gasteiger partial charge is 0.307 e. The second kappa shape index (κ2) is 7.36. The van der Waals surface area contributed by atoms with Crippen LogP contribution in [0.3, 0.4) is 0 Å². The molecule has 1 amide bonds. The molecule has 0 N–H and O–H groups in total. The Bertz CT molecular complexity index is 1150. The number of aryl methyl sites for hydroxylation is 1. The summed E-state index contributed by atoms with van der Waals surface area (Å²) in [5, 5.41) is 8.69. The second-order valence-electron chi connectivity index (χ2n) is 7.09. The van der Waals surface area contributed by atoms with Crippen LogP contribution in [0.4, 0.5) is 5.69 Å². The number of para-hydroxylation sites is 2. The van der Waals surface area contributed by atoms with E-state index in [4.69, 9.17) is 0 Å². The number of benzene rings is 3. The van der Waals surface area contributed by atoms with Gasteiger partial charge < -0.3 is 4.90 Å². The van der Waals surface area contributed by atoms with Crippen molar-refractivity contribution in [1.82, 2.24) is 15.0 Å². The number of nitrogens with zero attached hydrogens (tertiary/aromatic N) is 4. The van der Waals surface area contributed by atoms with Crippen LogP contribution in [0.1, 0.15) is 22.5 Å². The second-order valence-corrected chi connectivity index (χ2v) is 7.09. The average Bonchev–Trinajstić information content (AvgIpc) is 3.24. The molecule has 0 atom stereocenters. The lowest BCUT2D eigenvalue weighted by molar-refractivity contribution is 0.0981. The molecule has 0 bridgehead atoms. The van der Waals surface area contributed by atoms with E-state index in [1.165, 1.54) is 5.56 Å². The van der Waals surface area contributed by atoms with Crippen LogP contribution < -0.4 is 4.90 Å². The zero-order chi connectivity index (χ0) is 19.6. The zero-order valence-corrected chi connectivity index (χ0v) is 15.9. The Labute approximate surface area is 169 Å². The van der Waals surface area contributed by atoms with Crippen molar-refractivity contribution < 1.29 is 4.79 Å². The summed E-state index contributed by atoms with van der Waals surface area (Å²) < 4.78 is 1.75. The van der Waals surface area contributed by atoms with Crippen molar-refractivity contribution in [2.45, 2.75) is 12.8 Å². The predicted octanol–water partition coefficient (Wildman–Crippen LogP) is 4.53. The fourth-order valence-corrected chi connectivity index (χ4v) is 3.90. The lowest BCUT2D eigenvalue weighted by Crippen LogP contribution is -2.36. The van der Waals surface area contributed by atoms with Gasteiger partial charge in [0.2, 0.25) is 0 Å². The summed E-state index contributed by atoms with van der Waals surface area (Å²) in [6.07, 6.45) is 1.93. The summed E-state index contributed by atoms with van der Waals surface area (Å²) in [6, 6.07) is 27.7. The first-order chi connectivity index (χ1) is 14.3. The monoisotopic (exact) mass is 380 g/mol. The SMILES string of the molecule is O=C(c1nnn(-c2ccccc2)c1-c1ccccc1)N1CCCc2ccccc21. The van der Waals surface area contributed by atoms with Gasteiger partial charge in [0.1, 0.15) is 5.69 Å². The number of rotatable bonds is 3. The number of carbonyl (C=O) groups is 1. The molecule has 5 nitrogen and oxygen atoms in total. The first kappa shape index (κ1) is 17.4. The summed E-state index contributed by atoms with van der Waals surface area (Å²) in [5.74, 6) is -0.113. The summed E-state index contributed by atoms with van der Waals surface area (Å²) in [6.45, 7) is 0.683. The van der Waals surface area contributed by atoms with Crippen molar-refractivity contribution in [2.75, 3.05) is 11.4 Å². The normalized spacial score (nSPS) is 13.2. The number of hydrogen-bond acceptors (Lipinski definition) is 3. The molecule has 0 fully saturated rings. The molecular weight excluding hydrogens is 360 g/mol. The highest BCUT2D eigenvalue weighted by Gasteiger charge is 2.29. The maximum Gasteiger partial charge on any atom is 0.281 e. The number of amides is 1. The van der Waals surface area contributed by atoms with Gasteiger partial charge in [-0.25, -0.2) is 4.68 Å². The van der Waals surface area contributed by atoms with Gasteiger partial charge in [0, 0.05) is 17.8 Å². The molecule has 0 saturated carbocycles. The van der Waals surface area contributed by atoms with Crippen LogP contribution in [0.2, 0.25) is 0 Å². The van der Waals surface area contributed by atoms with Crippen LogP contribution in [-0.4, -0.2) is 27.4 Å². The Morgan fingerprint density at radius 1 is 0.828 bits per heavy atom. The predicted molar refractivity (Wildman–Crippen MR) is 113 cm³/mol. The molecule has 29 heavy (non-hydrogen) atoms. The van der Waals surface area contributed by atoms with Gasteiger partial charge >= 0.3 is 0 Å². The Morgan fingerprint density at radius 3 is 2.31 bits per heavy atom. The molecule has 5 heteroatoms. The van der Waals surface area contributed by atoms with Crippen LogP contribution in [0, 0.1) is 0 Å². The maximum absolute atomic E-state index is 13.6.